The predicted molar refractivity (Wildman–Crippen MR) is 114 cm³/mol. The van der Waals surface area contributed by atoms with Gasteiger partial charge < -0.3 is 15.4 Å². The van der Waals surface area contributed by atoms with Crippen molar-refractivity contribution in [2.45, 2.75) is 33.0 Å². The Balaban J connectivity index is 2.02. The van der Waals surface area contributed by atoms with Crippen molar-refractivity contribution in [3.63, 3.8) is 0 Å². The zero-order valence-corrected chi connectivity index (χ0v) is 18.5. The predicted octanol–water partition coefficient (Wildman–Crippen LogP) is 5.94. The van der Waals surface area contributed by atoms with Gasteiger partial charge in [0, 0.05) is 10.7 Å². The smallest absolute Gasteiger partial charge is 0.416 e. The number of anilines is 2. The molecular formula is C21H21Cl2F3N2O3. The lowest BCUT2D eigenvalue weighted by Gasteiger charge is -2.23. The second kappa shape index (κ2) is 10.2. The first-order valence-electron chi connectivity index (χ1n) is 9.24. The van der Waals surface area contributed by atoms with Crippen LogP contribution in [0.5, 0.6) is 0 Å². The van der Waals surface area contributed by atoms with Gasteiger partial charge in [0.05, 0.1) is 16.3 Å². The molecule has 31 heavy (non-hydrogen) atoms. The largest absolute Gasteiger partial charge is 0.454 e. The van der Waals surface area contributed by atoms with Gasteiger partial charge in [0.2, 0.25) is 0 Å². The highest BCUT2D eigenvalue weighted by Crippen LogP contribution is 2.34. The fourth-order valence-electron chi connectivity index (χ4n) is 2.62. The third kappa shape index (κ3) is 7.04. The average molecular weight is 477 g/mol. The lowest BCUT2D eigenvalue weighted by molar-refractivity contribution is -0.149. The Morgan fingerprint density at radius 3 is 2.32 bits per heavy atom. The Bertz CT molecular complexity index is 965. The van der Waals surface area contributed by atoms with Gasteiger partial charge in [-0.1, -0.05) is 43.1 Å². The Kier molecular flexibility index (Phi) is 8.20. The maximum absolute atomic E-state index is 12.8. The molecule has 2 N–H and O–H groups in total. The van der Waals surface area contributed by atoms with Crippen LogP contribution in [0.3, 0.4) is 0 Å². The van der Waals surface area contributed by atoms with E-state index in [1.807, 2.05) is 0 Å². The molecule has 5 nitrogen and oxygen atoms in total. The third-order valence-electron chi connectivity index (χ3n) is 4.35. The molecule has 0 aromatic heterocycles. The molecule has 0 spiro atoms. The van der Waals surface area contributed by atoms with Crippen LogP contribution in [-0.4, -0.2) is 24.5 Å². The number of hydrogen-bond acceptors (Lipinski definition) is 4. The zero-order chi connectivity index (χ0) is 23.3. The molecule has 0 aliphatic rings. The van der Waals surface area contributed by atoms with Gasteiger partial charge in [-0.25, -0.2) is 4.79 Å². The number of carbonyl (C=O) groups excluding carboxylic acids is 2. The highest BCUT2D eigenvalue weighted by Gasteiger charge is 2.31. The second-order valence-electron chi connectivity index (χ2n) is 7.17. The molecule has 0 aliphatic carbocycles. The van der Waals surface area contributed by atoms with Gasteiger partial charge in [-0.15, -0.1) is 0 Å². The number of esters is 1. The zero-order valence-electron chi connectivity index (χ0n) is 16.9. The Morgan fingerprint density at radius 2 is 1.74 bits per heavy atom. The van der Waals surface area contributed by atoms with E-state index in [0.717, 1.165) is 23.8 Å². The molecule has 0 saturated carbocycles. The summed E-state index contributed by atoms with van der Waals surface area (Å²) < 4.78 is 43.5. The topological polar surface area (TPSA) is 67.4 Å². The molecule has 0 fully saturated rings. The molecule has 0 heterocycles. The van der Waals surface area contributed by atoms with E-state index in [1.165, 1.54) is 0 Å². The van der Waals surface area contributed by atoms with Crippen molar-refractivity contribution >= 4 is 46.5 Å². The minimum Gasteiger partial charge on any atom is -0.454 e. The monoisotopic (exact) mass is 476 g/mol. The number of carbonyl (C=O) groups is 2. The minimum absolute atomic E-state index is 0.143. The quantitative estimate of drug-likeness (QED) is 0.485. The summed E-state index contributed by atoms with van der Waals surface area (Å²) in [5.74, 6) is -1.61. The standard InChI is InChI=1S/C21H21Cl2F3N2O3/c1-11(2)19(28-16-7-5-13(8-15(16)23)21(24,25)26)20(30)31-10-18(29)27-17-9-14(22)6-4-12(17)3/h4-9,11,19,28H,10H2,1-3H3,(H,27,29)/t19-/m0/s1. The van der Waals surface area contributed by atoms with Crippen LogP contribution in [0.2, 0.25) is 10.0 Å². The van der Waals surface area contributed by atoms with Crippen LogP contribution in [0.15, 0.2) is 36.4 Å². The molecule has 1 atom stereocenters. The molecule has 168 valence electrons. The molecular weight excluding hydrogens is 456 g/mol. The fraction of sp³-hybridized carbons (Fsp3) is 0.333. The highest BCUT2D eigenvalue weighted by molar-refractivity contribution is 6.33. The van der Waals surface area contributed by atoms with Gasteiger partial charge in [0.25, 0.3) is 5.91 Å². The van der Waals surface area contributed by atoms with E-state index in [4.69, 9.17) is 27.9 Å². The number of rotatable bonds is 7. The second-order valence-corrected chi connectivity index (χ2v) is 8.02. The van der Waals surface area contributed by atoms with E-state index in [-0.39, 0.29) is 16.6 Å². The van der Waals surface area contributed by atoms with E-state index >= 15 is 0 Å². The first kappa shape index (κ1) is 24.8. The van der Waals surface area contributed by atoms with Crippen LogP contribution < -0.4 is 10.6 Å². The van der Waals surface area contributed by atoms with E-state index in [1.54, 1.807) is 39.0 Å². The maximum Gasteiger partial charge on any atom is 0.416 e. The molecule has 2 aromatic rings. The highest BCUT2D eigenvalue weighted by atomic mass is 35.5. The molecule has 0 saturated heterocycles. The van der Waals surface area contributed by atoms with Gasteiger partial charge >= 0.3 is 12.1 Å². The van der Waals surface area contributed by atoms with Crippen molar-refractivity contribution in [3.8, 4) is 0 Å². The van der Waals surface area contributed by atoms with Gasteiger partial charge in [-0.3, -0.25) is 4.79 Å². The number of ether oxygens (including phenoxy) is 1. The lowest BCUT2D eigenvalue weighted by Crippen LogP contribution is -2.37. The van der Waals surface area contributed by atoms with Crippen LogP contribution in [0.1, 0.15) is 25.0 Å². The summed E-state index contributed by atoms with van der Waals surface area (Å²) in [4.78, 5) is 24.6. The number of alkyl halides is 3. The van der Waals surface area contributed by atoms with Crippen molar-refractivity contribution in [2.75, 3.05) is 17.2 Å². The van der Waals surface area contributed by atoms with Crippen molar-refractivity contribution in [1.82, 2.24) is 0 Å². The third-order valence-corrected chi connectivity index (χ3v) is 4.90. The summed E-state index contributed by atoms with van der Waals surface area (Å²) in [6.07, 6.45) is -4.53. The first-order valence-corrected chi connectivity index (χ1v) is 10.00. The van der Waals surface area contributed by atoms with E-state index < -0.39 is 36.3 Å². The van der Waals surface area contributed by atoms with E-state index in [9.17, 15) is 22.8 Å². The maximum atomic E-state index is 12.8. The van der Waals surface area contributed by atoms with Crippen LogP contribution >= 0.6 is 23.2 Å². The average Bonchev–Trinajstić information content (AvgIpc) is 2.67. The van der Waals surface area contributed by atoms with E-state index in [0.29, 0.717) is 10.7 Å². The molecule has 10 heteroatoms. The summed E-state index contributed by atoms with van der Waals surface area (Å²) in [5.41, 5.74) is 0.510. The number of halogens is 5. The van der Waals surface area contributed by atoms with Gasteiger partial charge in [0.1, 0.15) is 6.04 Å². The van der Waals surface area contributed by atoms with Crippen molar-refractivity contribution in [3.05, 3.63) is 57.6 Å². The molecule has 1 amide bonds. The van der Waals surface area contributed by atoms with Crippen molar-refractivity contribution in [2.24, 2.45) is 5.92 Å². The Morgan fingerprint density at radius 1 is 1.06 bits per heavy atom. The number of benzene rings is 2. The van der Waals surface area contributed by atoms with Crippen molar-refractivity contribution in [1.29, 1.82) is 0 Å². The van der Waals surface area contributed by atoms with Crippen molar-refractivity contribution < 1.29 is 27.5 Å². The first-order chi connectivity index (χ1) is 14.4. The normalized spacial score (nSPS) is 12.4. The number of amides is 1. The van der Waals surface area contributed by atoms with Gasteiger partial charge in [0.15, 0.2) is 6.61 Å². The van der Waals surface area contributed by atoms with Crippen LogP contribution in [0.4, 0.5) is 24.5 Å². The SMILES string of the molecule is Cc1ccc(Cl)cc1NC(=O)COC(=O)[C@@H](Nc1ccc(C(F)(F)F)cc1Cl)C(C)C. The van der Waals surface area contributed by atoms with Crippen LogP contribution in [0, 0.1) is 12.8 Å². The summed E-state index contributed by atoms with van der Waals surface area (Å²) in [6.45, 7) is 4.67. The fourth-order valence-corrected chi connectivity index (χ4v) is 3.02. The molecule has 2 rings (SSSR count). The molecule has 0 radical (unpaired) electrons. The van der Waals surface area contributed by atoms with E-state index in [2.05, 4.69) is 10.6 Å². The van der Waals surface area contributed by atoms with Gasteiger partial charge in [-0.2, -0.15) is 13.2 Å². The number of nitrogens with one attached hydrogen (secondary N) is 2. The summed E-state index contributed by atoms with van der Waals surface area (Å²) in [7, 11) is 0. The molecule has 0 aliphatic heterocycles. The Hall–Kier alpha value is -2.45. The molecule has 0 unspecified atom stereocenters. The van der Waals surface area contributed by atoms with Gasteiger partial charge in [-0.05, 0) is 48.7 Å². The number of hydrogen-bond donors (Lipinski definition) is 2. The lowest BCUT2D eigenvalue weighted by atomic mass is 10.0. The molecule has 0 bridgehead atoms. The summed E-state index contributed by atoms with van der Waals surface area (Å²) in [5, 5.41) is 5.65. The van der Waals surface area contributed by atoms with Crippen LogP contribution in [-0.2, 0) is 20.5 Å². The number of aryl methyl sites for hydroxylation is 1. The van der Waals surface area contributed by atoms with Crippen LogP contribution in [0.25, 0.3) is 0 Å². The molecule has 2 aromatic carbocycles. The summed E-state index contributed by atoms with van der Waals surface area (Å²) in [6, 6.07) is 6.82. The minimum atomic E-state index is -4.53. The summed E-state index contributed by atoms with van der Waals surface area (Å²) >= 11 is 11.9. The Labute approximate surface area is 187 Å².